The monoisotopic (exact) mass is 227 g/mol. The summed E-state index contributed by atoms with van der Waals surface area (Å²) >= 11 is 0. The summed E-state index contributed by atoms with van der Waals surface area (Å²) in [5.41, 5.74) is 0. The molecule has 92 valence electrons. The molecule has 0 spiro atoms. The molecule has 0 aliphatic carbocycles. The molecule has 16 heavy (non-hydrogen) atoms. The van der Waals surface area contributed by atoms with Crippen molar-refractivity contribution in [1.82, 2.24) is 15.5 Å². The Morgan fingerprint density at radius 1 is 1.62 bits per heavy atom. The van der Waals surface area contributed by atoms with Crippen LogP contribution in [0.15, 0.2) is 0 Å². The van der Waals surface area contributed by atoms with Gasteiger partial charge in [-0.15, -0.1) is 0 Å². The fraction of sp³-hybridized carbons (Fsp3) is 0.909. The normalized spacial score (nSPS) is 35.5. The molecule has 2 fully saturated rings. The number of aliphatic hydroxyl groups excluding tert-OH is 1. The maximum atomic E-state index is 11.7. The van der Waals surface area contributed by atoms with E-state index in [0.29, 0.717) is 18.9 Å². The molecule has 2 saturated heterocycles. The number of hydrogen-bond donors (Lipinski definition) is 3. The van der Waals surface area contributed by atoms with E-state index in [1.165, 1.54) is 0 Å². The summed E-state index contributed by atoms with van der Waals surface area (Å²) in [5.74, 6) is 0.617. The van der Waals surface area contributed by atoms with E-state index in [2.05, 4.69) is 22.6 Å². The average molecular weight is 227 g/mol. The Morgan fingerprint density at radius 2 is 2.44 bits per heavy atom. The number of likely N-dealkylation sites (tertiary alicyclic amines) is 1. The Kier molecular flexibility index (Phi) is 3.78. The summed E-state index contributed by atoms with van der Waals surface area (Å²) in [5, 5.41) is 15.3. The van der Waals surface area contributed by atoms with Crippen molar-refractivity contribution in [3.05, 3.63) is 0 Å². The molecule has 1 amide bonds. The summed E-state index contributed by atoms with van der Waals surface area (Å²) in [4.78, 5) is 14.0. The van der Waals surface area contributed by atoms with Gasteiger partial charge in [-0.25, -0.2) is 0 Å². The Balaban J connectivity index is 1.68. The summed E-state index contributed by atoms with van der Waals surface area (Å²) in [7, 11) is 2.11. The molecule has 2 aliphatic rings. The number of carbonyl (C=O) groups is 1. The first-order chi connectivity index (χ1) is 7.65. The molecule has 3 atom stereocenters. The zero-order valence-electron chi connectivity index (χ0n) is 9.78. The van der Waals surface area contributed by atoms with E-state index in [0.717, 1.165) is 26.1 Å². The molecule has 0 aromatic heterocycles. The number of aliphatic hydroxyl groups is 1. The van der Waals surface area contributed by atoms with Crippen molar-refractivity contribution in [1.29, 1.82) is 0 Å². The van der Waals surface area contributed by atoms with Crippen LogP contribution >= 0.6 is 0 Å². The van der Waals surface area contributed by atoms with Crippen LogP contribution in [-0.2, 0) is 4.79 Å². The second-order valence-corrected chi connectivity index (χ2v) is 5.01. The number of amides is 1. The van der Waals surface area contributed by atoms with Gasteiger partial charge in [0.1, 0.15) is 0 Å². The van der Waals surface area contributed by atoms with Crippen molar-refractivity contribution in [2.24, 2.45) is 5.92 Å². The first-order valence-corrected chi connectivity index (χ1v) is 6.03. The average Bonchev–Trinajstić information content (AvgIpc) is 2.84. The lowest BCUT2D eigenvalue weighted by Crippen LogP contribution is -2.42. The van der Waals surface area contributed by atoms with Crippen LogP contribution in [0.4, 0.5) is 0 Å². The van der Waals surface area contributed by atoms with Gasteiger partial charge in [-0.2, -0.15) is 0 Å². The van der Waals surface area contributed by atoms with Gasteiger partial charge in [0.05, 0.1) is 12.1 Å². The molecule has 5 heteroatoms. The van der Waals surface area contributed by atoms with E-state index in [-0.39, 0.29) is 18.1 Å². The van der Waals surface area contributed by atoms with Crippen molar-refractivity contribution in [2.45, 2.75) is 25.0 Å². The van der Waals surface area contributed by atoms with Crippen molar-refractivity contribution < 1.29 is 9.90 Å². The molecule has 5 nitrogen and oxygen atoms in total. The number of hydrogen-bond acceptors (Lipinski definition) is 4. The van der Waals surface area contributed by atoms with E-state index < -0.39 is 0 Å². The van der Waals surface area contributed by atoms with E-state index in [9.17, 15) is 9.90 Å². The van der Waals surface area contributed by atoms with Crippen LogP contribution in [-0.4, -0.2) is 61.3 Å². The fourth-order valence-corrected chi connectivity index (χ4v) is 2.48. The van der Waals surface area contributed by atoms with Gasteiger partial charge in [0.25, 0.3) is 0 Å². The Labute approximate surface area is 96.2 Å². The summed E-state index contributed by atoms with van der Waals surface area (Å²) < 4.78 is 0. The van der Waals surface area contributed by atoms with Crippen LogP contribution in [0.5, 0.6) is 0 Å². The smallest absolute Gasteiger partial charge is 0.237 e. The number of nitrogens with one attached hydrogen (secondary N) is 2. The van der Waals surface area contributed by atoms with Gasteiger partial charge in [-0.1, -0.05) is 0 Å². The van der Waals surface area contributed by atoms with Crippen molar-refractivity contribution >= 4 is 5.91 Å². The molecule has 0 saturated carbocycles. The van der Waals surface area contributed by atoms with Crippen molar-refractivity contribution in [3.8, 4) is 0 Å². The number of rotatable bonds is 3. The largest absolute Gasteiger partial charge is 0.392 e. The molecule has 0 radical (unpaired) electrons. The quantitative estimate of drug-likeness (QED) is 0.565. The van der Waals surface area contributed by atoms with Gasteiger partial charge in [0, 0.05) is 19.6 Å². The highest BCUT2D eigenvalue weighted by atomic mass is 16.3. The van der Waals surface area contributed by atoms with Crippen LogP contribution in [0.25, 0.3) is 0 Å². The van der Waals surface area contributed by atoms with Crippen LogP contribution in [0.3, 0.4) is 0 Å². The van der Waals surface area contributed by atoms with Crippen LogP contribution in [0.1, 0.15) is 12.8 Å². The second-order valence-electron chi connectivity index (χ2n) is 5.01. The second kappa shape index (κ2) is 5.12. The minimum absolute atomic E-state index is 0.0334. The molecule has 2 aliphatic heterocycles. The standard InChI is InChI=1S/C11H21N3O2/c1-14-3-2-8(7-14)5-13-11(16)10-4-9(15)6-12-10/h8-10,12,15H,2-7H2,1H3,(H,13,16). The molecule has 3 N–H and O–H groups in total. The first-order valence-electron chi connectivity index (χ1n) is 6.03. The predicted molar refractivity (Wildman–Crippen MR) is 61.0 cm³/mol. The Morgan fingerprint density at radius 3 is 3.00 bits per heavy atom. The fourth-order valence-electron chi connectivity index (χ4n) is 2.48. The van der Waals surface area contributed by atoms with Gasteiger partial charge in [0.15, 0.2) is 0 Å². The third-order valence-corrected chi connectivity index (χ3v) is 3.48. The van der Waals surface area contributed by atoms with E-state index in [4.69, 9.17) is 0 Å². The van der Waals surface area contributed by atoms with E-state index in [1.807, 2.05) is 0 Å². The number of β-amino-alcohol motifs (C(OH)–C–C–N with tert-alkyl or cyclic N) is 1. The topological polar surface area (TPSA) is 64.6 Å². The minimum Gasteiger partial charge on any atom is -0.392 e. The van der Waals surface area contributed by atoms with Gasteiger partial charge in [-0.3, -0.25) is 4.79 Å². The third-order valence-electron chi connectivity index (χ3n) is 3.48. The van der Waals surface area contributed by atoms with Crippen molar-refractivity contribution in [3.63, 3.8) is 0 Å². The summed E-state index contributed by atoms with van der Waals surface area (Å²) in [6, 6.07) is -0.200. The van der Waals surface area contributed by atoms with Crippen LogP contribution in [0, 0.1) is 5.92 Å². The highest BCUT2D eigenvalue weighted by molar-refractivity contribution is 5.82. The van der Waals surface area contributed by atoms with Gasteiger partial charge < -0.3 is 20.6 Å². The highest BCUT2D eigenvalue weighted by Gasteiger charge is 2.28. The van der Waals surface area contributed by atoms with Crippen LogP contribution < -0.4 is 10.6 Å². The molecular weight excluding hydrogens is 206 g/mol. The van der Waals surface area contributed by atoms with E-state index in [1.54, 1.807) is 0 Å². The molecule has 0 aromatic rings. The van der Waals surface area contributed by atoms with Crippen molar-refractivity contribution in [2.75, 3.05) is 33.2 Å². The maximum absolute atomic E-state index is 11.7. The summed E-state index contributed by atoms with van der Waals surface area (Å²) in [6.07, 6.45) is 1.34. The molecule has 3 unspecified atom stereocenters. The van der Waals surface area contributed by atoms with Gasteiger partial charge >= 0.3 is 0 Å². The Hall–Kier alpha value is -0.650. The van der Waals surface area contributed by atoms with Crippen LogP contribution in [0.2, 0.25) is 0 Å². The zero-order chi connectivity index (χ0) is 11.5. The predicted octanol–water partition coefficient (Wildman–Crippen LogP) is -1.22. The highest BCUT2D eigenvalue weighted by Crippen LogP contribution is 2.13. The molecular formula is C11H21N3O2. The molecule has 0 bridgehead atoms. The lowest BCUT2D eigenvalue weighted by molar-refractivity contribution is -0.123. The van der Waals surface area contributed by atoms with Gasteiger partial charge in [-0.05, 0) is 32.4 Å². The minimum atomic E-state index is -0.367. The lowest BCUT2D eigenvalue weighted by atomic mass is 10.1. The maximum Gasteiger partial charge on any atom is 0.237 e. The number of nitrogens with zero attached hydrogens (tertiary/aromatic N) is 1. The molecule has 2 rings (SSSR count). The number of carbonyl (C=O) groups excluding carboxylic acids is 1. The summed E-state index contributed by atoms with van der Waals surface area (Å²) in [6.45, 7) is 3.49. The van der Waals surface area contributed by atoms with Gasteiger partial charge in [0.2, 0.25) is 5.91 Å². The zero-order valence-corrected chi connectivity index (χ0v) is 9.78. The Bertz CT molecular complexity index is 260. The first kappa shape index (κ1) is 11.8. The molecule has 2 heterocycles. The molecule has 0 aromatic carbocycles. The third kappa shape index (κ3) is 2.93. The SMILES string of the molecule is CN1CCC(CNC(=O)C2CC(O)CN2)C1. The lowest BCUT2D eigenvalue weighted by Gasteiger charge is -2.14. The van der Waals surface area contributed by atoms with E-state index >= 15 is 0 Å².